The fraction of sp³-hybridized carbons (Fsp3) is 0. The molecule has 0 atom stereocenters. The lowest BCUT2D eigenvalue weighted by atomic mass is 9.88. The third kappa shape index (κ3) is 6.82. The van der Waals surface area contributed by atoms with Crippen LogP contribution in [0.25, 0.3) is 134 Å². The molecule has 4 heterocycles. The lowest BCUT2D eigenvalue weighted by Crippen LogP contribution is -2.01. The van der Waals surface area contributed by atoms with Gasteiger partial charge in [0.2, 0.25) is 5.89 Å². The highest BCUT2D eigenvalue weighted by Crippen LogP contribution is 2.46. The molecule has 0 spiro atoms. The summed E-state index contributed by atoms with van der Waals surface area (Å²) in [6.07, 6.45) is 0. The van der Waals surface area contributed by atoms with Crippen LogP contribution in [-0.2, 0) is 0 Å². The predicted molar refractivity (Wildman–Crippen MR) is 289 cm³/mol. The molecule has 0 fully saturated rings. The van der Waals surface area contributed by atoms with Gasteiger partial charge in [-0.3, -0.25) is 0 Å². The van der Waals surface area contributed by atoms with E-state index < -0.39 is 0 Å². The molecule has 7 heteroatoms. The van der Waals surface area contributed by atoms with E-state index >= 15 is 0 Å². The summed E-state index contributed by atoms with van der Waals surface area (Å²) in [7, 11) is 0. The van der Waals surface area contributed by atoms with Crippen LogP contribution in [0.4, 0.5) is 0 Å². The largest absolute Gasteiger partial charge is 0.436 e. The van der Waals surface area contributed by atoms with Crippen molar-refractivity contribution in [1.82, 2.24) is 29.1 Å². The Morgan fingerprint density at radius 1 is 0.296 bits per heavy atom. The standard InChI is InChI=1S/C64H40N6O/c1-5-19-41(20-6-1)61-66-62(42-21-7-2-8-22-42)68-63(67-61)45-39-50(43-33-35-57-52(37-43)48-27-13-16-30-55(48)69(57)46-23-9-3-10-24-46)60(64-65-54-29-15-18-32-59(54)71-64)51(40-45)44-34-36-58-53(38-44)49-28-14-17-31-56(49)70(58)47-25-11-4-12-26-47/h1-40H. The van der Waals surface area contributed by atoms with Gasteiger partial charge in [0.15, 0.2) is 23.1 Å². The first-order chi connectivity index (χ1) is 35.2. The molecule has 14 aromatic rings. The number of benzene rings is 10. The molecule has 0 aliphatic heterocycles. The molecule has 14 rings (SSSR count). The molecule has 71 heavy (non-hydrogen) atoms. The Morgan fingerprint density at radius 3 is 1.20 bits per heavy atom. The van der Waals surface area contributed by atoms with Crippen molar-refractivity contribution in [3.05, 3.63) is 243 Å². The van der Waals surface area contributed by atoms with E-state index in [2.05, 4.69) is 167 Å². The Bertz CT molecular complexity index is 4060. The quantitative estimate of drug-likeness (QED) is 0.152. The van der Waals surface area contributed by atoms with Crippen molar-refractivity contribution in [2.75, 3.05) is 0 Å². The lowest BCUT2D eigenvalue weighted by molar-refractivity contribution is 0.620. The zero-order valence-corrected chi connectivity index (χ0v) is 38.2. The number of aromatic nitrogens is 6. The van der Waals surface area contributed by atoms with Gasteiger partial charge in [-0.2, -0.15) is 0 Å². The molecular formula is C64H40N6O. The van der Waals surface area contributed by atoms with E-state index in [4.69, 9.17) is 24.4 Å². The van der Waals surface area contributed by atoms with Crippen LogP contribution in [0.15, 0.2) is 247 Å². The second kappa shape index (κ2) is 16.5. The van der Waals surface area contributed by atoms with Gasteiger partial charge in [0.05, 0.1) is 27.6 Å². The van der Waals surface area contributed by atoms with Gasteiger partial charge in [0.25, 0.3) is 0 Å². The Labute approximate surface area is 408 Å². The minimum Gasteiger partial charge on any atom is -0.436 e. The SMILES string of the molecule is c1ccc(-c2nc(-c3ccccc3)nc(-c3cc(-c4ccc5c(c4)c4ccccc4n5-c4ccccc4)c(-c4nc5ccccc5o4)c(-c4ccc5c(c4)c4ccccc4n5-c4ccccc4)c3)n2)cc1. The van der Waals surface area contributed by atoms with Crippen LogP contribution in [0.1, 0.15) is 0 Å². The van der Waals surface area contributed by atoms with Gasteiger partial charge in [0, 0.05) is 49.6 Å². The van der Waals surface area contributed by atoms with Crippen molar-refractivity contribution >= 4 is 54.7 Å². The minimum absolute atomic E-state index is 0.520. The van der Waals surface area contributed by atoms with Crippen molar-refractivity contribution in [2.24, 2.45) is 0 Å². The molecule has 10 aromatic carbocycles. The van der Waals surface area contributed by atoms with Gasteiger partial charge in [-0.1, -0.05) is 158 Å². The summed E-state index contributed by atoms with van der Waals surface area (Å²) < 4.78 is 11.6. The summed E-state index contributed by atoms with van der Waals surface area (Å²) >= 11 is 0. The summed E-state index contributed by atoms with van der Waals surface area (Å²) in [6.45, 7) is 0. The van der Waals surface area contributed by atoms with Crippen molar-refractivity contribution < 1.29 is 4.42 Å². The van der Waals surface area contributed by atoms with Crippen molar-refractivity contribution in [2.45, 2.75) is 0 Å². The Kier molecular flexibility index (Phi) is 9.38. The monoisotopic (exact) mass is 908 g/mol. The van der Waals surface area contributed by atoms with E-state index in [0.29, 0.717) is 28.9 Å². The predicted octanol–water partition coefficient (Wildman–Crippen LogP) is 16.2. The summed E-state index contributed by atoms with van der Waals surface area (Å²) in [4.78, 5) is 20.9. The van der Waals surface area contributed by atoms with E-state index in [0.717, 1.165) is 105 Å². The van der Waals surface area contributed by atoms with E-state index in [1.54, 1.807) is 0 Å². The fourth-order valence-electron chi connectivity index (χ4n) is 10.4. The zero-order valence-electron chi connectivity index (χ0n) is 38.2. The fourth-order valence-corrected chi connectivity index (χ4v) is 10.4. The number of para-hydroxylation sites is 6. The minimum atomic E-state index is 0.520. The maximum atomic E-state index is 6.86. The maximum Gasteiger partial charge on any atom is 0.228 e. The van der Waals surface area contributed by atoms with E-state index in [1.165, 1.54) is 0 Å². The molecule has 0 amide bonds. The molecule has 0 saturated carbocycles. The van der Waals surface area contributed by atoms with Crippen molar-refractivity contribution in [3.63, 3.8) is 0 Å². The first-order valence-electron chi connectivity index (χ1n) is 23.8. The highest BCUT2D eigenvalue weighted by atomic mass is 16.3. The number of fused-ring (bicyclic) bond motifs is 7. The maximum absolute atomic E-state index is 6.86. The number of oxazole rings is 1. The third-order valence-corrected chi connectivity index (χ3v) is 13.6. The van der Waals surface area contributed by atoms with Gasteiger partial charge >= 0.3 is 0 Å². The molecule has 0 saturated heterocycles. The van der Waals surface area contributed by atoms with Crippen LogP contribution < -0.4 is 0 Å². The average molecular weight is 909 g/mol. The van der Waals surface area contributed by atoms with Crippen molar-refractivity contribution in [3.8, 4) is 79.2 Å². The van der Waals surface area contributed by atoms with Gasteiger partial charge in [0.1, 0.15) is 5.52 Å². The summed E-state index contributed by atoms with van der Waals surface area (Å²) in [5.41, 5.74) is 15.5. The average Bonchev–Trinajstić information content (AvgIpc) is 4.14. The Hall–Kier alpha value is -9.72. The molecule has 7 nitrogen and oxygen atoms in total. The normalized spacial score (nSPS) is 11.7. The first kappa shape index (κ1) is 40.4. The number of nitrogens with zero attached hydrogens (tertiary/aromatic N) is 6. The Balaban J connectivity index is 1.10. The Morgan fingerprint density at radius 2 is 0.704 bits per heavy atom. The van der Waals surface area contributed by atoms with Crippen LogP contribution in [0.3, 0.4) is 0 Å². The first-order valence-corrected chi connectivity index (χ1v) is 23.8. The van der Waals surface area contributed by atoms with Crippen LogP contribution >= 0.6 is 0 Å². The van der Waals surface area contributed by atoms with Crippen molar-refractivity contribution in [1.29, 1.82) is 0 Å². The summed E-state index contributed by atoms with van der Waals surface area (Å²) in [5.74, 6) is 2.25. The van der Waals surface area contributed by atoms with Gasteiger partial charge in [-0.05, 0) is 107 Å². The van der Waals surface area contributed by atoms with E-state index in [9.17, 15) is 0 Å². The second-order valence-corrected chi connectivity index (χ2v) is 17.8. The zero-order chi connectivity index (χ0) is 46.8. The van der Waals surface area contributed by atoms with E-state index in [-0.39, 0.29) is 0 Å². The topological polar surface area (TPSA) is 74.6 Å². The molecule has 4 aromatic heterocycles. The number of hydrogen-bond acceptors (Lipinski definition) is 5. The van der Waals surface area contributed by atoms with Gasteiger partial charge < -0.3 is 13.6 Å². The second-order valence-electron chi connectivity index (χ2n) is 17.8. The molecular weight excluding hydrogens is 869 g/mol. The summed E-state index contributed by atoms with van der Waals surface area (Å²) in [5, 5.41) is 4.58. The van der Waals surface area contributed by atoms with Crippen LogP contribution in [0, 0.1) is 0 Å². The molecule has 332 valence electrons. The van der Waals surface area contributed by atoms with Gasteiger partial charge in [-0.15, -0.1) is 0 Å². The number of rotatable bonds is 8. The lowest BCUT2D eigenvalue weighted by Gasteiger charge is -2.17. The highest BCUT2D eigenvalue weighted by Gasteiger charge is 2.25. The smallest absolute Gasteiger partial charge is 0.228 e. The molecule has 0 N–H and O–H groups in total. The van der Waals surface area contributed by atoms with Crippen LogP contribution in [0.2, 0.25) is 0 Å². The molecule has 0 unspecified atom stereocenters. The molecule has 0 aliphatic rings. The highest BCUT2D eigenvalue weighted by molar-refractivity contribution is 6.13. The third-order valence-electron chi connectivity index (χ3n) is 13.6. The van der Waals surface area contributed by atoms with E-state index in [1.807, 2.05) is 84.9 Å². The summed E-state index contributed by atoms with van der Waals surface area (Å²) in [6, 6.07) is 84.7. The number of hydrogen-bond donors (Lipinski definition) is 0. The molecule has 0 aliphatic carbocycles. The van der Waals surface area contributed by atoms with Crippen LogP contribution in [0.5, 0.6) is 0 Å². The van der Waals surface area contributed by atoms with Crippen LogP contribution in [-0.4, -0.2) is 29.1 Å². The van der Waals surface area contributed by atoms with Gasteiger partial charge in [-0.25, -0.2) is 19.9 Å². The molecule has 0 radical (unpaired) electrons. The molecule has 0 bridgehead atoms.